The maximum absolute atomic E-state index is 12.1. The molecular formula is C16H20N2O4S2. The van der Waals surface area contributed by atoms with Gasteiger partial charge in [0.05, 0.1) is 13.1 Å². The van der Waals surface area contributed by atoms with Gasteiger partial charge in [-0.25, -0.2) is 0 Å². The summed E-state index contributed by atoms with van der Waals surface area (Å²) in [7, 11) is 0. The Morgan fingerprint density at radius 2 is 1.33 bits per heavy atom. The second-order valence-corrected chi connectivity index (χ2v) is 6.23. The maximum Gasteiger partial charge on any atom is 0.266 e. The smallest absolute Gasteiger partial charge is 0.266 e. The molecular weight excluding hydrogens is 348 g/mol. The molecule has 0 bridgehead atoms. The highest BCUT2D eigenvalue weighted by molar-refractivity contribution is 7.80. The zero-order valence-corrected chi connectivity index (χ0v) is 14.9. The molecule has 2 aliphatic heterocycles. The van der Waals surface area contributed by atoms with Crippen molar-refractivity contribution < 1.29 is 19.1 Å². The van der Waals surface area contributed by atoms with Crippen molar-refractivity contribution in [3.8, 4) is 0 Å². The van der Waals surface area contributed by atoms with Crippen molar-refractivity contribution >= 4 is 46.6 Å². The zero-order valence-electron chi connectivity index (χ0n) is 13.3. The minimum absolute atomic E-state index is 0.0939. The lowest BCUT2D eigenvalue weighted by atomic mass is 10.1. The summed E-state index contributed by atoms with van der Waals surface area (Å²) in [6.45, 7) is 8.07. The lowest BCUT2D eigenvalue weighted by Gasteiger charge is -2.14. The van der Waals surface area contributed by atoms with Crippen molar-refractivity contribution in [3.05, 3.63) is 25.3 Å². The van der Waals surface area contributed by atoms with Gasteiger partial charge in [-0.15, -0.1) is 0 Å². The fourth-order valence-corrected chi connectivity index (χ4v) is 3.04. The highest BCUT2D eigenvalue weighted by Crippen LogP contribution is 2.17. The largest absolute Gasteiger partial charge is 0.461 e. The summed E-state index contributed by atoms with van der Waals surface area (Å²) in [6, 6.07) is 0. The summed E-state index contributed by atoms with van der Waals surface area (Å²) in [5, 5.41) is 0.381. The summed E-state index contributed by atoms with van der Waals surface area (Å²) in [5.74, 6) is -0.188. The number of thiocarbonyl (C=S) groups is 2. The van der Waals surface area contributed by atoms with E-state index in [-0.39, 0.29) is 34.4 Å². The molecule has 2 atom stereocenters. The number of amides is 2. The first kappa shape index (κ1) is 18.5. The zero-order chi connectivity index (χ0) is 17.7. The molecule has 0 aromatic heterocycles. The van der Waals surface area contributed by atoms with E-state index in [0.717, 1.165) is 0 Å². The molecule has 0 spiro atoms. The van der Waals surface area contributed by atoms with Gasteiger partial charge in [-0.2, -0.15) is 0 Å². The Labute approximate surface area is 152 Å². The average Bonchev–Trinajstić information content (AvgIpc) is 3.13. The molecule has 2 rings (SSSR count). The minimum Gasteiger partial charge on any atom is -0.461 e. The molecule has 6 nitrogen and oxygen atoms in total. The van der Waals surface area contributed by atoms with E-state index in [9.17, 15) is 9.59 Å². The maximum atomic E-state index is 12.1. The number of carbonyl (C=O) groups is 2. The average molecular weight is 368 g/mol. The quantitative estimate of drug-likeness (QED) is 0.389. The van der Waals surface area contributed by atoms with E-state index < -0.39 is 0 Å². The van der Waals surface area contributed by atoms with Crippen molar-refractivity contribution in [1.29, 1.82) is 0 Å². The van der Waals surface area contributed by atoms with Gasteiger partial charge in [-0.05, 0) is 49.4 Å². The third-order valence-electron chi connectivity index (χ3n) is 3.83. The van der Waals surface area contributed by atoms with Crippen molar-refractivity contribution in [2.75, 3.05) is 13.1 Å². The Kier molecular flexibility index (Phi) is 6.44. The van der Waals surface area contributed by atoms with Gasteiger partial charge in [0.25, 0.3) is 10.3 Å². The van der Waals surface area contributed by atoms with E-state index in [2.05, 4.69) is 13.2 Å². The number of hydrogen-bond acceptors (Lipinski definition) is 6. The van der Waals surface area contributed by atoms with Gasteiger partial charge >= 0.3 is 0 Å². The Morgan fingerprint density at radius 1 is 0.958 bits per heavy atom. The molecule has 2 heterocycles. The molecule has 2 aliphatic rings. The highest BCUT2D eigenvalue weighted by Gasteiger charge is 2.32. The van der Waals surface area contributed by atoms with Crippen LogP contribution in [0.25, 0.3) is 0 Å². The molecule has 0 radical (unpaired) electrons. The predicted octanol–water partition coefficient (Wildman–Crippen LogP) is 1.94. The Balaban J connectivity index is 1.69. The number of unbranched alkanes of at least 4 members (excludes halogenated alkanes) is 1. The van der Waals surface area contributed by atoms with Crippen LogP contribution in [0.1, 0.15) is 25.7 Å². The third kappa shape index (κ3) is 4.39. The third-order valence-corrected chi connectivity index (χ3v) is 4.46. The van der Waals surface area contributed by atoms with Gasteiger partial charge in [0.15, 0.2) is 0 Å². The van der Waals surface area contributed by atoms with Gasteiger partial charge < -0.3 is 9.47 Å². The van der Waals surface area contributed by atoms with Gasteiger partial charge in [0.1, 0.15) is 12.2 Å². The monoisotopic (exact) mass is 368 g/mol. The van der Waals surface area contributed by atoms with Crippen LogP contribution in [0.15, 0.2) is 25.3 Å². The molecule has 0 aromatic carbocycles. The normalized spacial score (nSPS) is 23.0. The topological polar surface area (TPSA) is 59.1 Å². The number of ether oxygens (including phenoxy) is 2. The van der Waals surface area contributed by atoms with Crippen LogP contribution in [0.3, 0.4) is 0 Å². The number of nitrogens with zero attached hydrogens (tertiary/aromatic N) is 2. The molecule has 2 amide bonds. The molecule has 8 heteroatoms. The van der Waals surface area contributed by atoms with Crippen LogP contribution in [0.5, 0.6) is 0 Å². The summed E-state index contributed by atoms with van der Waals surface area (Å²) < 4.78 is 10.6. The Bertz CT molecular complexity index is 528. The highest BCUT2D eigenvalue weighted by atomic mass is 32.1. The van der Waals surface area contributed by atoms with Gasteiger partial charge in [0.2, 0.25) is 11.8 Å². The van der Waals surface area contributed by atoms with Gasteiger partial charge in [0, 0.05) is 12.8 Å². The van der Waals surface area contributed by atoms with Crippen LogP contribution in [-0.2, 0) is 19.1 Å². The summed E-state index contributed by atoms with van der Waals surface area (Å²) in [4.78, 5) is 27.1. The number of hydrogen-bond donors (Lipinski definition) is 0. The second kappa shape index (κ2) is 8.34. The van der Waals surface area contributed by atoms with Gasteiger partial charge in [-0.3, -0.25) is 19.4 Å². The second-order valence-electron chi connectivity index (χ2n) is 5.53. The van der Waals surface area contributed by atoms with E-state index in [4.69, 9.17) is 33.9 Å². The first-order valence-electron chi connectivity index (χ1n) is 7.73. The van der Waals surface area contributed by atoms with E-state index in [0.29, 0.717) is 38.8 Å². The molecule has 0 aromatic rings. The molecule has 0 unspecified atom stereocenters. The van der Waals surface area contributed by atoms with Crippen molar-refractivity contribution in [3.63, 3.8) is 0 Å². The van der Waals surface area contributed by atoms with E-state index in [1.165, 1.54) is 9.80 Å². The lowest BCUT2D eigenvalue weighted by Crippen LogP contribution is -2.32. The summed E-state index contributed by atoms with van der Waals surface area (Å²) in [5.41, 5.74) is 0. The fourth-order valence-electron chi connectivity index (χ4n) is 2.44. The van der Waals surface area contributed by atoms with Crippen molar-refractivity contribution in [1.82, 2.24) is 9.80 Å². The van der Waals surface area contributed by atoms with Crippen LogP contribution < -0.4 is 0 Å². The minimum atomic E-state index is -0.239. The van der Waals surface area contributed by atoms with Gasteiger partial charge in [-0.1, -0.05) is 13.2 Å². The summed E-state index contributed by atoms with van der Waals surface area (Å²) in [6.07, 6.45) is 4.58. The standard InChI is InChI=1S/C16H20N2O4S2/c1-3-11-9-17(15(23)21-11)13(19)7-5-6-8-14(20)18-10-12(4-2)22-16(18)24/h3-4,11-12H,1-2,5-10H2/t11-,12-/m1/s1. The van der Waals surface area contributed by atoms with Crippen molar-refractivity contribution in [2.24, 2.45) is 0 Å². The molecule has 2 saturated heterocycles. The predicted molar refractivity (Wildman–Crippen MR) is 97.2 cm³/mol. The van der Waals surface area contributed by atoms with E-state index >= 15 is 0 Å². The number of rotatable bonds is 7. The molecule has 2 fully saturated rings. The molecule has 0 aliphatic carbocycles. The molecule has 130 valence electrons. The Hall–Kier alpha value is -1.80. The summed E-state index contributed by atoms with van der Waals surface area (Å²) >= 11 is 10.1. The molecule has 0 saturated carbocycles. The molecule has 0 N–H and O–H groups in total. The Morgan fingerprint density at radius 3 is 1.62 bits per heavy atom. The fraction of sp³-hybridized carbons (Fsp3) is 0.500. The van der Waals surface area contributed by atoms with Crippen LogP contribution in [0.4, 0.5) is 0 Å². The van der Waals surface area contributed by atoms with Crippen molar-refractivity contribution in [2.45, 2.75) is 37.9 Å². The van der Waals surface area contributed by atoms with Crippen LogP contribution in [0.2, 0.25) is 0 Å². The molecule has 24 heavy (non-hydrogen) atoms. The first-order valence-corrected chi connectivity index (χ1v) is 8.55. The van der Waals surface area contributed by atoms with E-state index in [1.807, 2.05) is 0 Å². The SMILES string of the molecule is C=C[C@@H]1CN(C(=O)CCCCC(=O)N2C[C@@H](C=C)OC2=S)C(=S)O1. The van der Waals surface area contributed by atoms with Crippen LogP contribution in [-0.4, -0.2) is 57.3 Å². The number of carbonyl (C=O) groups excluding carboxylic acids is 2. The van der Waals surface area contributed by atoms with Crippen LogP contribution >= 0.6 is 24.4 Å². The van der Waals surface area contributed by atoms with Crippen LogP contribution in [0, 0.1) is 0 Å². The van der Waals surface area contributed by atoms with E-state index in [1.54, 1.807) is 12.2 Å². The lowest BCUT2D eigenvalue weighted by molar-refractivity contribution is -0.129. The first-order chi connectivity index (χ1) is 11.5.